The van der Waals surface area contributed by atoms with E-state index >= 15 is 0 Å². The van der Waals surface area contributed by atoms with Crippen LogP contribution in [0.25, 0.3) is 0 Å². The number of hydroxylamine groups is 2. The topological polar surface area (TPSA) is 75.9 Å². The minimum absolute atomic E-state index is 0.00370. The molecule has 0 N–H and O–H groups in total. The van der Waals surface area contributed by atoms with Crippen LogP contribution in [0, 0.1) is 10.1 Å². The Morgan fingerprint density at radius 2 is 1.94 bits per heavy atom. The highest BCUT2D eigenvalue weighted by Crippen LogP contribution is 2.22. The molecule has 0 bridgehead atoms. The minimum Gasteiger partial charge on any atom is -0.291 e. The lowest BCUT2D eigenvalue weighted by molar-refractivity contribution is -0.384. The summed E-state index contributed by atoms with van der Waals surface area (Å²) in [5.74, 6) is 0. The molecule has 1 heterocycles. The van der Waals surface area contributed by atoms with Gasteiger partial charge in [0.15, 0.2) is 0 Å². The van der Waals surface area contributed by atoms with Crippen LogP contribution in [0.1, 0.15) is 0 Å². The molecule has 0 atom stereocenters. The predicted octanol–water partition coefficient (Wildman–Crippen LogP) is 1.40. The quantitative estimate of drug-likeness (QED) is 0.588. The smallest absolute Gasteiger partial charge is 0.291 e. The average Bonchev–Trinajstić information content (AvgIpc) is 2.70. The average molecular weight is 237 g/mol. The summed E-state index contributed by atoms with van der Waals surface area (Å²) < 4.78 is 0. The second-order valence-corrected chi connectivity index (χ2v) is 3.49. The highest BCUT2D eigenvalue weighted by atomic mass is 16.7. The summed E-state index contributed by atoms with van der Waals surface area (Å²) in [6.45, 7) is 0.983. The van der Waals surface area contributed by atoms with Crippen LogP contribution in [0.2, 0.25) is 0 Å². The molecule has 0 aliphatic carbocycles. The third kappa shape index (κ3) is 2.04. The van der Waals surface area contributed by atoms with Crippen LogP contribution in [0.15, 0.2) is 24.3 Å². The van der Waals surface area contributed by atoms with Gasteiger partial charge in [-0.25, -0.2) is 9.86 Å². The number of carbonyl (C=O) groups excluding carboxylic acids is 1. The maximum Gasteiger partial charge on any atom is 0.348 e. The number of urea groups is 1. The minimum atomic E-state index is -0.475. The van der Waals surface area contributed by atoms with Gasteiger partial charge in [-0.3, -0.25) is 19.9 Å². The second-order valence-electron chi connectivity index (χ2n) is 3.49. The van der Waals surface area contributed by atoms with Crippen molar-refractivity contribution in [2.24, 2.45) is 0 Å². The number of non-ortho nitro benzene ring substituents is 1. The lowest BCUT2D eigenvalue weighted by Crippen LogP contribution is -2.30. The highest BCUT2D eigenvalue weighted by Gasteiger charge is 2.29. The number of rotatable bonds is 3. The van der Waals surface area contributed by atoms with E-state index in [1.165, 1.54) is 29.2 Å². The molecule has 0 radical (unpaired) electrons. The zero-order valence-corrected chi connectivity index (χ0v) is 9.20. The summed E-state index contributed by atoms with van der Waals surface area (Å²) >= 11 is 0. The summed E-state index contributed by atoms with van der Waals surface area (Å²) in [4.78, 5) is 28.1. The Balaban J connectivity index is 2.18. The van der Waals surface area contributed by atoms with E-state index in [1.54, 1.807) is 12.1 Å². The molecule has 90 valence electrons. The van der Waals surface area contributed by atoms with Crippen molar-refractivity contribution in [3.05, 3.63) is 34.4 Å². The van der Waals surface area contributed by atoms with Crippen LogP contribution < -0.4 is 4.90 Å². The largest absolute Gasteiger partial charge is 0.348 e. The molecule has 0 saturated carbocycles. The number of nitro groups is 1. The highest BCUT2D eigenvalue weighted by molar-refractivity contribution is 5.93. The van der Waals surface area contributed by atoms with Gasteiger partial charge < -0.3 is 0 Å². The van der Waals surface area contributed by atoms with Gasteiger partial charge in [0.1, 0.15) is 0 Å². The lowest BCUT2D eigenvalue weighted by atomic mass is 10.2. The summed E-state index contributed by atoms with van der Waals surface area (Å²) in [6, 6.07) is 5.59. The van der Waals surface area contributed by atoms with Gasteiger partial charge in [0.2, 0.25) is 0 Å². The van der Waals surface area contributed by atoms with Crippen LogP contribution in [0.5, 0.6) is 0 Å². The summed E-state index contributed by atoms with van der Waals surface area (Å²) in [5, 5.41) is 11.7. The monoisotopic (exact) mass is 237 g/mol. The van der Waals surface area contributed by atoms with Gasteiger partial charge in [0, 0.05) is 24.4 Å². The molecule has 1 aromatic rings. The molecular formula is C10H11N3O4. The Morgan fingerprint density at radius 1 is 1.29 bits per heavy atom. The van der Waals surface area contributed by atoms with Gasteiger partial charge in [-0.15, -0.1) is 0 Å². The van der Waals surface area contributed by atoms with Gasteiger partial charge in [0.05, 0.1) is 18.6 Å². The van der Waals surface area contributed by atoms with Crippen molar-refractivity contribution in [1.82, 2.24) is 5.06 Å². The molecule has 1 aliphatic rings. The van der Waals surface area contributed by atoms with Gasteiger partial charge >= 0.3 is 6.03 Å². The Kier molecular flexibility index (Phi) is 2.92. The van der Waals surface area contributed by atoms with Crippen molar-refractivity contribution in [2.75, 3.05) is 25.1 Å². The van der Waals surface area contributed by atoms with Gasteiger partial charge in [-0.1, -0.05) is 0 Å². The molecule has 1 aromatic carbocycles. The molecule has 7 heteroatoms. The third-order valence-electron chi connectivity index (χ3n) is 2.56. The first kappa shape index (κ1) is 11.3. The normalized spacial score (nSPS) is 15.5. The van der Waals surface area contributed by atoms with Crippen molar-refractivity contribution in [3.63, 3.8) is 0 Å². The molecule has 1 fully saturated rings. The van der Waals surface area contributed by atoms with E-state index in [-0.39, 0.29) is 11.7 Å². The number of nitrogens with zero attached hydrogens (tertiary/aromatic N) is 3. The Bertz CT molecular complexity index is 445. The van der Waals surface area contributed by atoms with Gasteiger partial charge in [0.25, 0.3) is 5.69 Å². The van der Waals surface area contributed by atoms with Crippen LogP contribution in [0.4, 0.5) is 16.2 Å². The van der Waals surface area contributed by atoms with Gasteiger partial charge in [-0.05, 0) is 12.1 Å². The fraction of sp³-hybridized carbons (Fsp3) is 0.300. The molecule has 7 nitrogen and oxygen atoms in total. The Morgan fingerprint density at radius 3 is 2.41 bits per heavy atom. The predicted molar refractivity (Wildman–Crippen MR) is 59.6 cm³/mol. The zero-order chi connectivity index (χ0) is 12.4. The fourth-order valence-corrected chi connectivity index (χ4v) is 1.68. The van der Waals surface area contributed by atoms with E-state index in [1.807, 2.05) is 0 Å². The van der Waals surface area contributed by atoms with E-state index in [4.69, 9.17) is 4.84 Å². The second kappa shape index (κ2) is 4.38. The van der Waals surface area contributed by atoms with Crippen molar-refractivity contribution >= 4 is 17.4 Å². The maximum atomic E-state index is 11.7. The first-order valence-corrected chi connectivity index (χ1v) is 5.01. The van der Waals surface area contributed by atoms with Crippen LogP contribution in [-0.2, 0) is 4.84 Å². The lowest BCUT2D eigenvalue weighted by Gasteiger charge is -2.16. The molecule has 17 heavy (non-hydrogen) atoms. The molecular weight excluding hydrogens is 226 g/mol. The van der Waals surface area contributed by atoms with E-state index in [0.29, 0.717) is 18.8 Å². The van der Waals surface area contributed by atoms with Crippen molar-refractivity contribution in [1.29, 1.82) is 0 Å². The number of anilines is 1. The van der Waals surface area contributed by atoms with E-state index in [2.05, 4.69) is 0 Å². The van der Waals surface area contributed by atoms with Crippen LogP contribution in [0.3, 0.4) is 0 Å². The van der Waals surface area contributed by atoms with E-state index in [9.17, 15) is 14.9 Å². The summed E-state index contributed by atoms with van der Waals surface area (Å²) in [7, 11) is 1.43. The molecule has 2 amide bonds. The van der Waals surface area contributed by atoms with E-state index in [0.717, 1.165) is 0 Å². The number of benzene rings is 1. The Labute approximate surface area is 97.3 Å². The number of nitro benzene ring substituents is 1. The first-order valence-electron chi connectivity index (χ1n) is 5.01. The van der Waals surface area contributed by atoms with Gasteiger partial charge in [-0.2, -0.15) is 0 Å². The molecule has 1 aliphatic heterocycles. The van der Waals surface area contributed by atoms with Crippen LogP contribution >= 0.6 is 0 Å². The molecule has 0 unspecified atom stereocenters. The van der Waals surface area contributed by atoms with Crippen molar-refractivity contribution in [2.45, 2.75) is 0 Å². The van der Waals surface area contributed by atoms with Crippen LogP contribution in [-0.4, -0.2) is 36.2 Å². The number of hydrogen-bond donors (Lipinski definition) is 0. The summed E-state index contributed by atoms with van der Waals surface area (Å²) in [5.41, 5.74) is 0.629. The molecule has 1 saturated heterocycles. The third-order valence-corrected chi connectivity index (χ3v) is 2.56. The number of carbonyl (C=O) groups is 1. The molecule has 0 aromatic heterocycles. The first-order chi connectivity index (χ1) is 8.13. The number of amides is 2. The zero-order valence-electron chi connectivity index (χ0n) is 9.20. The maximum absolute atomic E-state index is 11.7. The molecule has 0 spiro atoms. The van der Waals surface area contributed by atoms with Crippen molar-refractivity contribution in [3.8, 4) is 0 Å². The summed E-state index contributed by atoms with van der Waals surface area (Å²) in [6.07, 6.45) is 0. The SMILES string of the molecule is CON1CCN(c2ccc([N+](=O)[O-])cc2)C1=O. The number of hydrogen-bond acceptors (Lipinski definition) is 4. The Hall–Kier alpha value is -2.15. The standard InChI is InChI=1S/C10H11N3O4/c1-17-12-7-6-11(10(12)14)8-2-4-9(5-3-8)13(15)16/h2-5H,6-7H2,1H3. The van der Waals surface area contributed by atoms with E-state index < -0.39 is 4.92 Å². The fourth-order valence-electron chi connectivity index (χ4n) is 1.68. The van der Waals surface area contributed by atoms with Crippen molar-refractivity contribution < 1.29 is 14.6 Å². The molecule has 2 rings (SSSR count).